The van der Waals surface area contributed by atoms with Gasteiger partial charge in [-0.15, -0.1) is 0 Å². The minimum absolute atomic E-state index is 0.0267. The van der Waals surface area contributed by atoms with Crippen molar-refractivity contribution < 1.29 is 23.7 Å². The van der Waals surface area contributed by atoms with Crippen molar-refractivity contribution in [2.24, 2.45) is 5.92 Å². The molecule has 4 atom stereocenters. The van der Waals surface area contributed by atoms with Crippen LogP contribution in [0.3, 0.4) is 0 Å². The molecule has 5 nitrogen and oxygen atoms in total. The van der Waals surface area contributed by atoms with Crippen LogP contribution in [-0.2, 0) is 23.7 Å². The zero-order chi connectivity index (χ0) is 12.4. The quantitative estimate of drug-likeness (QED) is 0.431. The summed E-state index contributed by atoms with van der Waals surface area (Å²) < 4.78 is 21.4. The Bertz CT molecular complexity index is 334. The van der Waals surface area contributed by atoms with E-state index in [0.717, 1.165) is 32.3 Å². The van der Waals surface area contributed by atoms with Gasteiger partial charge in [0.05, 0.1) is 18.1 Å². The molecule has 3 aliphatic rings. The van der Waals surface area contributed by atoms with Gasteiger partial charge >= 0.3 is 5.97 Å². The Kier molecular flexibility index (Phi) is 3.63. The molecule has 2 saturated heterocycles. The van der Waals surface area contributed by atoms with Crippen LogP contribution in [0.2, 0.25) is 0 Å². The number of ether oxygens (including phenoxy) is 4. The third-order valence-electron chi connectivity index (χ3n) is 3.63. The molecule has 0 spiro atoms. The molecule has 0 aromatic rings. The van der Waals surface area contributed by atoms with Crippen LogP contribution >= 0.6 is 0 Å². The number of carbonyl (C=O) groups is 1. The topological polar surface area (TPSA) is 54.0 Å². The fraction of sp³-hybridized carbons (Fsp3) is 0.769. The highest BCUT2D eigenvalue weighted by Gasteiger charge is 2.42. The summed E-state index contributed by atoms with van der Waals surface area (Å²) in [5, 5.41) is 0. The number of fused-ring (bicyclic) bond motifs is 2. The second kappa shape index (κ2) is 5.38. The monoisotopic (exact) mass is 254 g/mol. The van der Waals surface area contributed by atoms with Crippen molar-refractivity contribution in [1.82, 2.24) is 0 Å². The Morgan fingerprint density at radius 2 is 2.28 bits per heavy atom. The molecule has 4 unspecified atom stereocenters. The lowest BCUT2D eigenvalue weighted by atomic mass is 9.95. The fourth-order valence-electron chi connectivity index (χ4n) is 2.62. The summed E-state index contributed by atoms with van der Waals surface area (Å²) in [6.07, 6.45) is 7.48. The fourth-order valence-corrected chi connectivity index (χ4v) is 2.62. The molecule has 3 rings (SSSR count). The van der Waals surface area contributed by atoms with Gasteiger partial charge in [0.25, 0.3) is 0 Å². The molecular formula is C13H18O5. The van der Waals surface area contributed by atoms with Gasteiger partial charge in [0.1, 0.15) is 0 Å². The Labute approximate surface area is 106 Å². The summed E-state index contributed by atoms with van der Waals surface area (Å²) in [6, 6.07) is 0. The van der Waals surface area contributed by atoms with Gasteiger partial charge < -0.3 is 18.9 Å². The van der Waals surface area contributed by atoms with E-state index in [1.165, 1.54) is 0 Å². The van der Waals surface area contributed by atoms with E-state index in [1.54, 1.807) is 0 Å². The molecule has 0 N–H and O–H groups in total. The van der Waals surface area contributed by atoms with E-state index in [9.17, 15) is 4.79 Å². The molecule has 0 saturated carbocycles. The minimum atomic E-state index is -0.234. The second-order valence-electron chi connectivity index (χ2n) is 4.91. The summed E-state index contributed by atoms with van der Waals surface area (Å²) in [4.78, 5) is 11.8. The first kappa shape index (κ1) is 12.1. The zero-order valence-electron chi connectivity index (χ0n) is 10.2. The molecule has 5 heteroatoms. The van der Waals surface area contributed by atoms with Gasteiger partial charge in [0.2, 0.25) is 0 Å². The van der Waals surface area contributed by atoms with Gasteiger partial charge in [-0.3, -0.25) is 4.79 Å². The van der Waals surface area contributed by atoms with Crippen molar-refractivity contribution in [1.29, 1.82) is 0 Å². The Morgan fingerprint density at radius 3 is 2.94 bits per heavy atom. The molecule has 0 aromatic carbocycles. The number of rotatable bonds is 4. The maximum atomic E-state index is 11.8. The average Bonchev–Trinajstić information content (AvgIpc) is 3.02. The lowest BCUT2D eigenvalue weighted by Gasteiger charge is -2.23. The molecule has 3 aliphatic heterocycles. The molecule has 0 aromatic heterocycles. The molecule has 100 valence electrons. The first-order valence-electron chi connectivity index (χ1n) is 6.56. The Balaban J connectivity index is 1.38. The van der Waals surface area contributed by atoms with Gasteiger partial charge in [0.15, 0.2) is 13.1 Å². The van der Waals surface area contributed by atoms with Gasteiger partial charge in [0, 0.05) is 6.61 Å². The first-order chi connectivity index (χ1) is 8.83. The van der Waals surface area contributed by atoms with E-state index in [2.05, 4.69) is 0 Å². The van der Waals surface area contributed by atoms with Crippen LogP contribution in [0.4, 0.5) is 0 Å². The highest BCUT2D eigenvalue weighted by Crippen LogP contribution is 2.34. The summed E-state index contributed by atoms with van der Waals surface area (Å²) in [6.45, 7) is 0.699. The third kappa shape index (κ3) is 2.58. The Hall–Kier alpha value is -0.910. The smallest absolute Gasteiger partial charge is 0.314 e. The maximum absolute atomic E-state index is 11.8. The second-order valence-corrected chi connectivity index (χ2v) is 4.91. The van der Waals surface area contributed by atoms with Crippen LogP contribution < -0.4 is 0 Å². The number of esters is 1. The summed E-state index contributed by atoms with van der Waals surface area (Å²) in [5.74, 6) is -0.404. The highest BCUT2D eigenvalue weighted by atomic mass is 16.8. The molecule has 2 fully saturated rings. The van der Waals surface area contributed by atoms with E-state index in [-0.39, 0.29) is 37.2 Å². The maximum Gasteiger partial charge on any atom is 0.314 e. The normalized spacial score (nSPS) is 38.0. The van der Waals surface area contributed by atoms with E-state index >= 15 is 0 Å². The van der Waals surface area contributed by atoms with Gasteiger partial charge in [-0.05, 0) is 25.7 Å². The van der Waals surface area contributed by atoms with Crippen LogP contribution in [0.25, 0.3) is 0 Å². The minimum Gasteiger partial charge on any atom is -0.438 e. The van der Waals surface area contributed by atoms with Crippen molar-refractivity contribution in [3.63, 3.8) is 0 Å². The molecular weight excluding hydrogens is 236 g/mol. The van der Waals surface area contributed by atoms with E-state index < -0.39 is 0 Å². The van der Waals surface area contributed by atoms with Crippen LogP contribution in [0.15, 0.2) is 12.2 Å². The van der Waals surface area contributed by atoms with Gasteiger partial charge in [-0.25, -0.2) is 0 Å². The number of hydrogen-bond acceptors (Lipinski definition) is 5. The van der Waals surface area contributed by atoms with Gasteiger partial charge in [-0.2, -0.15) is 0 Å². The van der Waals surface area contributed by atoms with Crippen molar-refractivity contribution in [3.8, 4) is 0 Å². The lowest BCUT2D eigenvalue weighted by molar-refractivity contribution is -0.212. The van der Waals surface area contributed by atoms with Crippen molar-refractivity contribution >= 4 is 5.97 Å². The SMILES string of the molecule is O=C(OCOC1CCCCO1)C1CC2C=CC1O2. The van der Waals surface area contributed by atoms with E-state index in [0.29, 0.717) is 0 Å². The van der Waals surface area contributed by atoms with Crippen LogP contribution in [0.1, 0.15) is 25.7 Å². The standard InChI is InChI=1S/C13H18O5/c14-13(10-7-9-4-5-11(10)18-9)17-8-16-12-3-1-2-6-15-12/h4-5,9-12H,1-3,6-8H2. The zero-order valence-corrected chi connectivity index (χ0v) is 10.2. The van der Waals surface area contributed by atoms with Gasteiger partial charge in [-0.1, -0.05) is 12.2 Å². The summed E-state index contributed by atoms with van der Waals surface area (Å²) in [7, 11) is 0. The number of hydrogen-bond donors (Lipinski definition) is 0. The highest BCUT2D eigenvalue weighted by molar-refractivity contribution is 5.74. The van der Waals surface area contributed by atoms with Crippen LogP contribution in [0, 0.1) is 5.92 Å². The van der Waals surface area contributed by atoms with Crippen molar-refractivity contribution in [2.45, 2.75) is 44.2 Å². The molecule has 0 radical (unpaired) electrons. The lowest BCUT2D eigenvalue weighted by Crippen LogP contribution is -2.28. The van der Waals surface area contributed by atoms with E-state index in [4.69, 9.17) is 18.9 Å². The molecule has 3 heterocycles. The number of carbonyl (C=O) groups excluding carboxylic acids is 1. The largest absolute Gasteiger partial charge is 0.438 e. The third-order valence-corrected chi connectivity index (χ3v) is 3.63. The molecule has 18 heavy (non-hydrogen) atoms. The van der Waals surface area contributed by atoms with E-state index in [1.807, 2.05) is 12.2 Å². The molecule has 0 aliphatic carbocycles. The molecule has 0 amide bonds. The predicted molar refractivity (Wildman–Crippen MR) is 61.5 cm³/mol. The van der Waals surface area contributed by atoms with Crippen LogP contribution in [0.5, 0.6) is 0 Å². The van der Waals surface area contributed by atoms with Crippen molar-refractivity contribution in [2.75, 3.05) is 13.4 Å². The average molecular weight is 254 g/mol. The molecule has 2 bridgehead atoms. The predicted octanol–water partition coefficient (Wildman–Crippen LogP) is 1.37. The first-order valence-corrected chi connectivity index (χ1v) is 6.56. The van der Waals surface area contributed by atoms with Crippen molar-refractivity contribution in [3.05, 3.63) is 12.2 Å². The Morgan fingerprint density at radius 1 is 1.33 bits per heavy atom. The summed E-state index contributed by atoms with van der Waals surface area (Å²) >= 11 is 0. The van der Waals surface area contributed by atoms with Crippen LogP contribution in [-0.4, -0.2) is 37.9 Å². The summed E-state index contributed by atoms with van der Waals surface area (Å²) in [5.41, 5.74) is 0.